The molecule has 1 amide bonds. The number of nitrogens with zero attached hydrogens (tertiary/aromatic N) is 2. The molecule has 1 aliphatic rings. The number of alkyl halides is 3. The summed E-state index contributed by atoms with van der Waals surface area (Å²) in [5, 5.41) is 3.03. The van der Waals surface area contributed by atoms with E-state index in [1.54, 1.807) is 19.2 Å². The molecular weight excluding hydrogens is 479 g/mol. The van der Waals surface area contributed by atoms with Gasteiger partial charge in [-0.2, -0.15) is 13.2 Å². The van der Waals surface area contributed by atoms with Crippen LogP contribution in [0.15, 0.2) is 60.7 Å². The highest BCUT2D eigenvalue weighted by Crippen LogP contribution is 2.31. The monoisotopic (exact) mass is 511 g/mol. The molecule has 1 aliphatic heterocycles. The quantitative estimate of drug-likeness (QED) is 0.417. The van der Waals surface area contributed by atoms with Gasteiger partial charge in [0.15, 0.2) is 0 Å². The van der Waals surface area contributed by atoms with Crippen molar-refractivity contribution in [2.45, 2.75) is 44.8 Å². The van der Waals surface area contributed by atoms with Crippen molar-refractivity contribution in [3.05, 3.63) is 94.3 Å². The minimum absolute atomic E-state index is 0.135. The van der Waals surface area contributed by atoms with Crippen LogP contribution in [0.5, 0.6) is 5.75 Å². The second kappa shape index (κ2) is 11.8. The van der Waals surface area contributed by atoms with Crippen LogP contribution >= 0.6 is 0 Å². The van der Waals surface area contributed by atoms with Crippen LogP contribution in [0, 0.1) is 6.92 Å². The first-order chi connectivity index (χ1) is 17.7. The van der Waals surface area contributed by atoms with Crippen molar-refractivity contribution in [3.8, 4) is 5.75 Å². The third kappa shape index (κ3) is 6.89. The number of nitrogens with one attached hydrogen (secondary N) is 1. The number of carbonyl (C=O) groups excluding carboxylic acids is 1. The molecule has 5 nitrogen and oxygen atoms in total. The minimum Gasteiger partial charge on any atom is -0.496 e. The maximum atomic E-state index is 13.1. The highest BCUT2D eigenvalue weighted by Gasteiger charge is 2.30. The Morgan fingerprint density at radius 1 is 1.05 bits per heavy atom. The highest BCUT2D eigenvalue weighted by atomic mass is 19.4. The van der Waals surface area contributed by atoms with Gasteiger partial charge < -0.3 is 10.1 Å². The van der Waals surface area contributed by atoms with Crippen molar-refractivity contribution in [1.82, 2.24) is 15.2 Å². The fourth-order valence-corrected chi connectivity index (χ4v) is 4.82. The molecule has 3 aromatic rings. The maximum absolute atomic E-state index is 13.1. The second-order valence-corrected chi connectivity index (χ2v) is 9.45. The smallest absolute Gasteiger partial charge is 0.416 e. The van der Waals surface area contributed by atoms with Gasteiger partial charge in [-0.05, 0) is 80.7 Å². The van der Waals surface area contributed by atoms with Crippen LogP contribution in [-0.4, -0.2) is 42.5 Å². The molecule has 0 unspecified atom stereocenters. The van der Waals surface area contributed by atoms with Gasteiger partial charge in [-0.15, -0.1) is 0 Å². The summed E-state index contributed by atoms with van der Waals surface area (Å²) in [5.74, 6) is 0.820. The number of aromatic nitrogens is 1. The van der Waals surface area contributed by atoms with E-state index >= 15 is 0 Å². The Bertz CT molecular complexity index is 1200. The molecule has 1 N–H and O–H groups in total. The first-order valence-corrected chi connectivity index (χ1v) is 12.5. The number of carbonyl (C=O) groups is 1. The highest BCUT2D eigenvalue weighted by molar-refractivity contribution is 5.95. The van der Waals surface area contributed by atoms with Crippen LogP contribution in [0.3, 0.4) is 0 Å². The van der Waals surface area contributed by atoms with E-state index in [-0.39, 0.29) is 11.8 Å². The number of rotatable bonds is 8. The van der Waals surface area contributed by atoms with Crippen LogP contribution in [0.2, 0.25) is 0 Å². The zero-order valence-corrected chi connectivity index (χ0v) is 21.1. The second-order valence-electron chi connectivity index (χ2n) is 9.45. The van der Waals surface area contributed by atoms with Gasteiger partial charge >= 0.3 is 6.18 Å². The average molecular weight is 512 g/mol. The molecular formula is C29H32F3N3O2. The average Bonchev–Trinajstić information content (AvgIpc) is 2.89. The van der Waals surface area contributed by atoms with E-state index in [0.29, 0.717) is 25.1 Å². The van der Waals surface area contributed by atoms with Crippen molar-refractivity contribution in [3.63, 3.8) is 0 Å². The van der Waals surface area contributed by atoms with Crippen molar-refractivity contribution in [1.29, 1.82) is 0 Å². The Morgan fingerprint density at radius 2 is 1.76 bits per heavy atom. The van der Waals surface area contributed by atoms with Crippen LogP contribution < -0.4 is 10.1 Å². The summed E-state index contributed by atoms with van der Waals surface area (Å²) in [4.78, 5) is 20.1. The molecule has 0 aliphatic carbocycles. The zero-order chi connectivity index (χ0) is 26.4. The van der Waals surface area contributed by atoms with Gasteiger partial charge in [0, 0.05) is 24.7 Å². The Labute approximate surface area is 215 Å². The summed E-state index contributed by atoms with van der Waals surface area (Å²) in [7, 11) is 1.64. The molecule has 37 heavy (non-hydrogen) atoms. The fraction of sp³-hybridized carbons (Fsp3) is 0.379. The van der Waals surface area contributed by atoms with Crippen molar-refractivity contribution in [2.75, 3.05) is 26.7 Å². The van der Waals surface area contributed by atoms with Gasteiger partial charge in [0.05, 0.1) is 23.9 Å². The normalized spacial score (nSPS) is 14.9. The van der Waals surface area contributed by atoms with Crippen LogP contribution in [-0.2, 0) is 19.1 Å². The van der Waals surface area contributed by atoms with E-state index in [4.69, 9.17) is 9.72 Å². The third-order valence-electron chi connectivity index (χ3n) is 6.84. The Hall–Kier alpha value is -3.39. The molecule has 2 heterocycles. The molecule has 0 bridgehead atoms. The van der Waals surface area contributed by atoms with Gasteiger partial charge in [0.2, 0.25) is 0 Å². The number of methoxy groups -OCH3 is 1. The summed E-state index contributed by atoms with van der Waals surface area (Å²) < 4.78 is 43.9. The predicted molar refractivity (Wildman–Crippen MR) is 137 cm³/mol. The van der Waals surface area contributed by atoms with Crippen LogP contribution in [0.1, 0.15) is 57.2 Å². The Morgan fingerprint density at radius 3 is 2.43 bits per heavy atom. The van der Waals surface area contributed by atoms with Crippen LogP contribution in [0.25, 0.3) is 0 Å². The predicted octanol–water partition coefficient (Wildman–Crippen LogP) is 5.77. The van der Waals surface area contributed by atoms with Gasteiger partial charge in [-0.1, -0.05) is 30.3 Å². The number of hydrogen-bond acceptors (Lipinski definition) is 4. The fourth-order valence-electron chi connectivity index (χ4n) is 4.82. The Balaban J connectivity index is 1.35. The lowest BCUT2D eigenvalue weighted by Gasteiger charge is -2.32. The molecule has 1 saturated heterocycles. The summed E-state index contributed by atoms with van der Waals surface area (Å²) >= 11 is 0. The first-order valence-electron chi connectivity index (χ1n) is 12.5. The summed E-state index contributed by atoms with van der Waals surface area (Å²) in [6.45, 7) is 4.58. The Kier molecular flexibility index (Phi) is 8.48. The van der Waals surface area contributed by atoms with E-state index in [0.717, 1.165) is 66.3 Å². The van der Waals surface area contributed by atoms with E-state index in [2.05, 4.69) is 10.2 Å². The molecule has 1 fully saturated rings. The van der Waals surface area contributed by atoms with E-state index in [9.17, 15) is 18.0 Å². The van der Waals surface area contributed by atoms with Crippen molar-refractivity contribution in [2.24, 2.45) is 0 Å². The molecule has 1 aromatic heterocycles. The van der Waals surface area contributed by atoms with Gasteiger partial charge in [-0.25, -0.2) is 0 Å². The van der Waals surface area contributed by atoms with Gasteiger partial charge in [0.25, 0.3) is 5.91 Å². The number of piperidine rings is 1. The standard InChI is InChI=1S/C29H32F3N3O2/c1-20-7-12-25(28(36)33-16-13-22-5-3-4-6-26(22)37-2)27(34-20)23-14-17-35(18-15-23)19-21-8-10-24(11-9-21)29(30,31)32/h3-12,23H,13-19H2,1-2H3,(H,33,36). The topological polar surface area (TPSA) is 54.5 Å². The molecule has 8 heteroatoms. The number of halogens is 3. The lowest BCUT2D eigenvalue weighted by Crippen LogP contribution is -2.34. The lowest BCUT2D eigenvalue weighted by molar-refractivity contribution is -0.137. The minimum atomic E-state index is -4.32. The van der Waals surface area contributed by atoms with Crippen molar-refractivity contribution >= 4 is 5.91 Å². The van der Waals surface area contributed by atoms with E-state index in [1.165, 1.54) is 0 Å². The number of likely N-dealkylation sites (tertiary alicyclic amines) is 1. The molecule has 0 atom stereocenters. The third-order valence-corrected chi connectivity index (χ3v) is 6.84. The van der Waals surface area contributed by atoms with Gasteiger partial charge in [-0.3, -0.25) is 14.7 Å². The molecule has 0 spiro atoms. The summed E-state index contributed by atoms with van der Waals surface area (Å²) in [6, 6.07) is 16.8. The number of benzene rings is 2. The zero-order valence-electron chi connectivity index (χ0n) is 21.1. The molecule has 4 rings (SSSR count). The number of pyridine rings is 1. The SMILES string of the molecule is COc1ccccc1CCNC(=O)c1ccc(C)nc1C1CCN(Cc2ccc(C(F)(F)F)cc2)CC1. The van der Waals surface area contributed by atoms with E-state index < -0.39 is 11.7 Å². The number of ether oxygens (including phenoxy) is 1. The molecule has 0 radical (unpaired) electrons. The van der Waals surface area contributed by atoms with Crippen LogP contribution in [0.4, 0.5) is 13.2 Å². The number of hydrogen-bond donors (Lipinski definition) is 1. The molecule has 0 saturated carbocycles. The number of amides is 1. The first kappa shape index (κ1) is 26.7. The van der Waals surface area contributed by atoms with E-state index in [1.807, 2.05) is 43.3 Å². The summed E-state index contributed by atoms with van der Waals surface area (Å²) in [5.41, 5.74) is 3.56. The molecule has 2 aromatic carbocycles. The number of aryl methyl sites for hydroxylation is 1. The summed E-state index contributed by atoms with van der Waals surface area (Å²) in [6.07, 6.45) is -2.00. The van der Waals surface area contributed by atoms with Crippen molar-refractivity contribution < 1.29 is 22.7 Å². The lowest BCUT2D eigenvalue weighted by atomic mass is 9.89. The molecule has 196 valence electrons. The maximum Gasteiger partial charge on any atom is 0.416 e. The largest absolute Gasteiger partial charge is 0.496 e. The number of para-hydroxylation sites is 1. The van der Waals surface area contributed by atoms with Gasteiger partial charge in [0.1, 0.15) is 5.75 Å².